The Morgan fingerprint density at radius 2 is 2.10 bits per heavy atom. The lowest BCUT2D eigenvalue weighted by Gasteiger charge is -2.21. The maximum Gasteiger partial charge on any atom is 0.163 e. The van der Waals surface area contributed by atoms with Crippen LogP contribution in [0.4, 0.5) is 0 Å². The van der Waals surface area contributed by atoms with Gasteiger partial charge in [-0.15, -0.1) is 0 Å². The predicted molar refractivity (Wildman–Crippen MR) is 115 cm³/mol. The van der Waals surface area contributed by atoms with Gasteiger partial charge >= 0.3 is 0 Å². The van der Waals surface area contributed by atoms with E-state index in [0.717, 1.165) is 0 Å². The minimum absolute atomic E-state index is 0.0401. The van der Waals surface area contributed by atoms with Crippen LogP contribution in [-0.2, 0) is 25.6 Å². The first-order chi connectivity index (χ1) is 13.9. The molecular weight excluding hydrogens is 410 g/mol. The van der Waals surface area contributed by atoms with Gasteiger partial charge < -0.3 is 33.7 Å². The first kappa shape index (κ1) is 24.9. The van der Waals surface area contributed by atoms with Gasteiger partial charge in [-0.05, 0) is 46.8 Å². The van der Waals surface area contributed by atoms with Crippen LogP contribution < -0.4 is 4.74 Å². The Morgan fingerprint density at radius 3 is 2.63 bits per heavy atom. The second-order valence-electron chi connectivity index (χ2n) is 8.63. The highest BCUT2D eigenvalue weighted by Crippen LogP contribution is 2.28. The smallest absolute Gasteiger partial charge is 0.163 e. The number of benzene rings is 1. The van der Waals surface area contributed by atoms with Crippen molar-refractivity contribution >= 4 is 17.1 Å². The zero-order chi connectivity index (χ0) is 22.5. The average molecular weight is 444 g/mol. The lowest BCUT2D eigenvalue weighted by atomic mass is 10.0. The Bertz CT molecular complexity index is 733. The van der Waals surface area contributed by atoms with Gasteiger partial charge in [0, 0.05) is 18.1 Å². The van der Waals surface area contributed by atoms with Gasteiger partial charge in [-0.25, -0.2) is 0 Å². The van der Waals surface area contributed by atoms with Crippen LogP contribution in [0.15, 0.2) is 22.6 Å². The van der Waals surface area contributed by atoms with Crippen LogP contribution in [0.25, 0.3) is 0 Å². The molecule has 0 saturated carbocycles. The van der Waals surface area contributed by atoms with Gasteiger partial charge in [-0.1, -0.05) is 4.40 Å². The summed E-state index contributed by atoms with van der Waals surface area (Å²) >= 11 is -1.56. The second kappa shape index (κ2) is 10.3. The molecule has 1 aliphatic rings. The first-order valence-corrected chi connectivity index (χ1v) is 11.0. The number of aliphatic hydroxyl groups is 1. The molecule has 2 rings (SSSR count). The van der Waals surface area contributed by atoms with E-state index in [2.05, 4.69) is 4.40 Å². The molecule has 30 heavy (non-hydrogen) atoms. The maximum absolute atomic E-state index is 12.6. The number of nitrogens with zero attached hydrogens (tertiary/aromatic N) is 1. The SMILES string of the molecule is COc1ccc(C(C[C@H](O)COC[C@H]2COC(C)(C)O2)=N[S@@+]([O-])C(C)(C)C)c(O)c1. The Morgan fingerprint density at radius 1 is 1.40 bits per heavy atom. The molecule has 1 aliphatic heterocycles. The van der Waals surface area contributed by atoms with E-state index in [1.807, 2.05) is 34.6 Å². The Kier molecular flexibility index (Phi) is 8.55. The summed E-state index contributed by atoms with van der Waals surface area (Å²) in [6.45, 7) is 9.85. The van der Waals surface area contributed by atoms with Crippen molar-refractivity contribution in [1.29, 1.82) is 0 Å². The fraction of sp³-hybridized carbons (Fsp3) is 0.667. The highest BCUT2D eigenvalue weighted by molar-refractivity contribution is 7.91. The minimum Gasteiger partial charge on any atom is -0.591 e. The van der Waals surface area contributed by atoms with Crippen molar-refractivity contribution in [2.45, 2.75) is 63.8 Å². The normalized spacial score (nSPS) is 21.5. The van der Waals surface area contributed by atoms with Crippen LogP contribution in [0.1, 0.15) is 46.6 Å². The molecule has 1 heterocycles. The summed E-state index contributed by atoms with van der Waals surface area (Å²) in [6, 6.07) is 4.76. The molecule has 3 atom stereocenters. The van der Waals surface area contributed by atoms with Crippen LogP contribution in [0.2, 0.25) is 0 Å². The molecule has 0 amide bonds. The Labute approximate surface area is 181 Å². The van der Waals surface area contributed by atoms with Gasteiger partial charge in [0.1, 0.15) is 39.4 Å². The highest BCUT2D eigenvalue weighted by atomic mass is 32.2. The topological polar surface area (TPSA) is 113 Å². The second-order valence-corrected chi connectivity index (χ2v) is 10.5. The summed E-state index contributed by atoms with van der Waals surface area (Å²) in [5, 5.41) is 20.9. The molecule has 0 radical (unpaired) electrons. The third-order valence-electron chi connectivity index (χ3n) is 4.34. The summed E-state index contributed by atoms with van der Waals surface area (Å²) in [5.74, 6) is -0.209. The average Bonchev–Trinajstić information content (AvgIpc) is 2.99. The standard InChI is InChI=1S/C21H33NO7S/c1-20(2,3)30(25)22-18(17-8-7-15(26-6)10-19(17)24)9-14(23)11-27-12-16-13-28-21(4,5)29-16/h7-8,10,14,16,23-24H,9,11-13H2,1-6H3/t14-,16-,30-/m0/s1. The van der Waals surface area contributed by atoms with Crippen molar-refractivity contribution < 1.29 is 33.7 Å². The number of rotatable bonds is 9. The van der Waals surface area contributed by atoms with Gasteiger partial charge in [-0.3, -0.25) is 0 Å². The van der Waals surface area contributed by atoms with Crippen LogP contribution in [0, 0.1) is 0 Å². The maximum atomic E-state index is 12.6. The van der Waals surface area contributed by atoms with E-state index in [1.165, 1.54) is 13.2 Å². The van der Waals surface area contributed by atoms with Crippen molar-refractivity contribution in [3.63, 3.8) is 0 Å². The molecule has 0 unspecified atom stereocenters. The monoisotopic (exact) mass is 443 g/mol. The molecule has 0 spiro atoms. The largest absolute Gasteiger partial charge is 0.591 e. The van der Waals surface area contributed by atoms with E-state index < -0.39 is 28.0 Å². The zero-order valence-electron chi connectivity index (χ0n) is 18.5. The number of hydrogen-bond acceptors (Lipinski definition) is 8. The number of methoxy groups -OCH3 is 1. The lowest BCUT2D eigenvalue weighted by Crippen LogP contribution is -2.29. The third kappa shape index (κ3) is 7.40. The summed E-state index contributed by atoms with van der Waals surface area (Å²) in [6.07, 6.45) is -1.04. The van der Waals surface area contributed by atoms with E-state index in [-0.39, 0.29) is 31.5 Å². The number of aliphatic hydroxyl groups excluding tert-OH is 1. The first-order valence-electron chi connectivity index (χ1n) is 9.86. The number of phenolic OH excluding ortho intramolecular Hbond substituents is 1. The summed E-state index contributed by atoms with van der Waals surface area (Å²) in [4.78, 5) is 0. The van der Waals surface area contributed by atoms with Crippen LogP contribution in [0.5, 0.6) is 11.5 Å². The molecule has 1 aromatic rings. The number of hydrogen-bond donors (Lipinski definition) is 2. The Balaban J connectivity index is 2.06. The van der Waals surface area contributed by atoms with E-state index in [9.17, 15) is 14.8 Å². The molecule has 9 heteroatoms. The molecule has 1 saturated heterocycles. The molecule has 8 nitrogen and oxygen atoms in total. The molecule has 0 bridgehead atoms. The highest BCUT2D eigenvalue weighted by Gasteiger charge is 2.33. The molecule has 170 valence electrons. The minimum atomic E-state index is -1.56. The van der Waals surface area contributed by atoms with Gasteiger partial charge in [0.05, 0.1) is 33.0 Å². The molecular formula is C21H33NO7S. The molecule has 1 fully saturated rings. The van der Waals surface area contributed by atoms with E-state index in [4.69, 9.17) is 18.9 Å². The van der Waals surface area contributed by atoms with Crippen molar-refractivity contribution in [3.8, 4) is 11.5 Å². The molecule has 0 aromatic heterocycles. The molecule has 0 aliphatic carbocycles. The number of aromatic hydroxyl groups is 1. The number of phenols is 1. The van der Waals surface area contributed by atoms with E-state index in [0.29, 0.717) is 23.6 Å². The molecule has 1 aromatic carbocycles. The lowest BCUT2D eigenvalue weighted by molar-refractivity contribution is -0.146. The summed E-state index contributed by atoms with van der Waals surface area (Å²) in [5.41, 5.74) is 0.725. The van der Waals surface area contributed by atoms with Gasteiger partial charge in [0.25, 0.3) is 0 Å². The fourth-order valence-electron chi connectivity index (χ4n) is 2.78. The van der Waals surface area contributed by atoms with E-state index >= 15 is 0 Å². The number of ether oxygens (including phenoxy) is 4. The molecule has 2 N–H and O–H groups in total. The van der Waals surface area contributed by atoms with Crippen molar-refractivity contribution in [3.05, 3.63) is 23.8 Å². The van der Waals surface area contributed by atoms with Crippen LogP contribution in [-0.4, -0.2) is 70.1 Å². The van der Waals surface area contributed by atoms with Crippen molar-refractivity contribution in [1.82, 2.24) is 0 Å². The summed E-state index contributed by atoms with van der Waals surface area (Å²) in [7, 11) is 1.50. The fourth-order valence-corrected chi connectivity index (χ4v) is 3.43. The van der Waals surface area contributed by atoms with Crippen molar-refractivity contribution in [2.75, 3.05) is 26.9 Å². The van der Waals surface area contributed by atoms with Crippen molar-refractivity contribution in [2.24, 2.45) is 4.40 Å². The Hall–Kier alpha value is -1.36. The van der Waals surface area contributed by atoms with Crippen LogP contribution in [0.3, 0.4) is 0 Å². The van der Waals surface area contributed by atoms with E-state index in [1.54, 1.807) is 12.1 Å². The van der Waals surface area contributed by atoms with Gasteiger partial charge in [0.2, 0.25) is 0 Å². The summed E-state index contributed by atoms with van der Waals surface area (Å²) < 4.78 is 38.2. The zero-order valence-corrected chi connectivity index (χ0v) is 19.3. The van der Waals surface area contributed by atoms with Gasteiger partial charge in [0.15, 0.2) is 5.79 Å². The van der Waals surface area contributed by atoms with Crippen LogP contribution >= 0.6 is 0 Å². The quantitative estimate of drug-likeness (QED) is 0.445. The van der Waals surface area contributed by atoms with Gasteiger partial charge in [-0.2, -0.15) is 0 Å². The predicted octanol–water partition coefficient (Wildman–Crippen LogP) is 2.57. The third-order valence-corrected chi connectivity index (χ3v) is 5.78.